The summed E-state index contributed by atoms with van der Waals surface area (Å²) in [4.78, 5) is 23.5. The van der Waals surface area contributed by atoms with Crippen LogP contribution in [0.3, 0.4) is 0 Å². The van der Waals surface area contributed by atoms with Crippen LogP contribution in [0.4, 0.5) is 4.39 Å². The van der Waals surface area contributed by atoms with Crippen molar-refractivity contribution in [2.24, 2.45) is 0 Å². The Kier molecular flexibility index (Phi) is 5.87. The van der Waals surface area contributed by atoms with Crippen molar-refractivity contribution in [1.29, 1.82) is 0 Å². The summed E-state index contributed by atoms with van der Waals surface area (Å²) in [6.07, 6.45) is 3.28. The van der Waals surface area contributed by atoms with Crippen molar-refractivity contribution in [2.45, 2.75) is 38.2 Å². The van der Waals surface area contributed by atoms with Crippen molar-refractivity contribution < 1.29 is 18.7 Å². The third-order valence-electron chi connectivity index (χ3n) is 3.52. The van der Waals surface area contributed by atoms with Crippen LogP contribution in [0, 0.1) is 5.82 Å². The van der Waals surface area contributed by atoms with Crippen LogP contribution in [-0.2, 0) is 9.53 Å². The Hall–Kier alpha value is -1.75. The van der Waals surface area contributed by atoms with E-state index in [0.717, 1.165) is 19.4 Å². The SMILES string of the molecule is O=C(CCCC(=O)c1ccc(F)cc1)NCC1CCCO1. The smallest absolute Gasteiger partial charge is 0.220 e. The maximum Gasteiger partial charge on any atom is 0.220 e. The molecule has 0 radical (unpaired) electrons. The first kappa shape index (κ1) is 15.6. The average molecular weight is 293 g/mol. The molecule has 1 aliphatic heterocycles. The van der Waals surface area contributed by atoms with Gasteiger partial charge in [0.05, 0.1) is 6.10 Å². The van der Waals surface area contributed by atoms with Gasteiger partial charge < -0.3 is 10.1 Å². The highest BCUT2D eigenvalue weighted by Crippen LogP contribution is 2.11. The van der Waals surface area contributed by atoms with Gasteiger partial charge in [-0.1, -0.05) is 0 Å². The average Bonchev–Trinajstić information content (AvgIpc) is 2.99. The van der Waals surface area contributed by atoms with Gasteiger partial charge in [0.25, 0.3) is 0 Å². The van der Waals surface area contributed by atoms with Gasteiger partial charge in [0.15, 0.2) is 5.78 Å². The van der Waals surface area contributed by atoms with Crippen molar-refractivity contribution in [2.75, 3.05) is 13.2 Å². The highest BCUT2D eigenvalue weighted by molar-refractivity contribution is 5.96. The number of amides is 1. The van der Waals surface area contributed by atoms with Crippen LogP contribution in [0.5, 0.6) is 0 Å². The van der Waals surface area contributed by atoms with Crippen LogP contribution in [0.2, 0.25) is 0 Å². The second kappa shape index (κ2) is 7.88. The molecule has 1 aliphatic rings. The second-order valence-electron chi connectivity index (χ2n) is 5.22. The summed E-state index contributed by atoms with van der Waals surface area (Å²) in [5.74, 6) is -0.487. The lowest BCUT2D eigenvalue weighted by atomic mass is 10.1. The molecule has 5 heteroatoms. The molecule has 1 aromatic carbocycles. The molecule has 0 spiro atoms. The van der Waals surface area contributed by atoms with Crippen LogP contribution in [0.1, 0.15) is 42.5 Å². The molecule has 114 valence electrons. The molecular weight excluding hydrogens is 273 g/mol. The summed E-state index contributed by atoms with van der Waals surface area (Å²) in [7, 11) is 0. The molecule has 21 heavy (non-hydrogen) atoms. The van der Waals surface area contributed by atoms with E-state index in [9.17, 15) is 14.0 Å². The normalized spacial score (nSPS) is 17.7. The van der Waals surface area contributed by atoms with Gasteiger partial charge in [0.2, 0.25) is 5.91 Å². The highest BCUT2D eigenvalue weighted by atomic mass is 19.1. The summed E-state index contributed by atoms with van der Waals surface area (Å²) >= 11 is 0. The number of ether oxygens (including phenoxy) is 1. The molecule has 1 heterocycles. The van der Waals surface area contributed by atoms with Gasteiger partial charge in [-0.2, -0.15) is 0 Å². The molecule has 0 aromatic heterocycles. The maximum atomic E-state index is 12.7. The van der Waals surface area contributed by atoms with Crippen molar-refractivity contribution in [3.63, 3.8) is 0 Å². The van der Waals surface area contributed by atoms with Gasteiger partial charge in [0, 0.05) is 31.6 Å². The fourth-order valence-electron chi connectivity index (χ4n) is 2.31. The summed E-state index contributed by atoms with van der Waals surface area (Å²) in [5.41, 5.74) is 0.483. The molecule has 1 aromatic rings. The van der Waals surface area contributed by atoms with Crippen LogP contribution < -0.4 is 5.32 Å². The zero-order valence-electron chi connectivity index (χ0n) is 11.9. The molecule has 1 N–H and O–H groups in total. The van der Waals surface area contributed by atoms with Crippen LogP contribution in [-0.4, -0.2) is 30.9 Å². The molecule has 1 amide bonds. The van der Waals surface area contributed by atoms with Crippen LogP contribution in [0.15, 0.2) is 24.3 Å². The van der Waals surface area contributed by atoms with E-state index in [-0.39, 0.29) is 23.6 Å². The molecule has 4 nitrogen and oxygen atoms in total. The number of carbonyl (C=O) groups is 2. The topological polar surface area (TPSA) is 55.4 Å². The number of halogens is 1. The summed E-state index contributed by atoms with van der Waals surface area (Å²) < 4.78 is 18.2. The van der Waals surface area contributed by atoms with Gasteiger partial charge in [0.1, 0.15) is 5.82 Å². The number of Topliss-reactive ketones (excluding diaryl/α,β-unsaturated/α-hetero) is 1. The number of benzene rings is 1. The Morgan fingerprint density at radius 2 is 2.00 bits per heavy atom. The number of rotatable bonds is 7. The third kappa shape index (κ3) is 5.27. The van der Waals surface area contributed by atoms with Crippen molar-refractivity contribution in [3.8, 4) is 0 Å². The van der Waals surface area contributed by atoms with E-state index in [0.29, 0.717) is 31.4 Å². The molecule has 1 atom stereocenters. The van der Waals surface area contributed by atoms with Gasteiger partial charge in [-0.3, -0.25) is 9.59 Å². The Balaban J connectivity index is 1.62. The lowest BCUT2D eigenvalue weighted by Gasteiger charge is -2.10. The van der Waals surface area contributed by atoms with E-state index < -0.39 is 0 Å². The minimum absolute atomic E-state index is 0.0580. The van der Waals surface area contributed by atoms with Crippen molar-refractivity contribution in [1.82, 2.24) is 5.32 Å². The van der Waals surface area contributed by atoms with Gasteiger partial charge in [-0.05, 0) is 43.5 Å². The zero-order chi connectivity index (χ0) is 15.1. The maximum absolute atomic E-state index is 12.7. The van der Waals surface area contributed by atoms with Gasteiger partial charge >= 0.3 is 0 Å². The van der Waals surface area contributed by atoms with Gasteiger partial charge in [-0.15, -0.1) is 0 Å². The lowest BCUT2D eigenvalue weighted by molar-refractivity contribution is -0.121. The molecule has 0 aliphatic carbocycles. The monoisotopic (exact) mass is 293 g/mol. The quantitative estimate of drug-likeness (QED) is 0.786. The molecule has 0 bridgehead atoms. The fourth-order valence-corrected chi connectivity index (χ4v) is 2.31. The number of carbonyl (C=O) groups excluding carboxylic acids is 2. The van der Waals surface area contributed by atoms with E-state index >= 15 is 0 Å². The Morgan fingerprint density at radius 3 is 2.67 bits per heavy atom. The predicted octanol–water partition coefficient (Wildman–Crippen LogP) is 2.47. The summed E-state index contributed by atoms with van der Waals surface area (Å²) in [6.45, 7) is 1.32. The number of ketones is 1. The molecule has 1 saturated heterocycles. The highest BCUT2D eigenvalue weighted by Gasteiger charge is 2.16. The lowest BCUT2D eigenvalue weighted by Crippen LogP contribution is -2.31. The van der Waals surface area contributed by atoms with Gasteiger partial charge in [-0.25, -0.2) is 4.39 Å². The van der Waals surface area contributed by atoms with E-state index in [1.807, 2.05) is 0 Å². The van der Waals surface area contributed by atoms with Crippen molar-refractivity contribution in [3.05, 3.63) is 35.6 Å². The molecular formula is C16H20FNO3. The molecule has 1 unspecified atom stereocenters. The number of hydrogen-bond acceptors (Lipinski definition) is 3. The predicted molar refractivity (Wildman–Crippen MR) is 76.6 cm³/mol. The fraction of sp³-hybridized carbons (Fsp3) is 0.500. The summed E-state index contributed by atoms with van der Waals surface area (Å²) in [5, 5.41) is 2.82. The first-order chi connectivity index (χ1) is 10.1. The molecule has 1 fully saturated rings. The minimum atomic E-state index is -0.361. The third-order valence-corrected chi connectivity index (χ3v) is 3.52. The van der Waals surface area contributed by atoms with Crippen LogP contribution >= 0.6 is 0 Å². The Morgan fingerprint density at radius 1 is 1.24 bits per heavy atom. The molecule has 0 saturated carbocycles. The number of hydrogen-bond donors (Lipinski definition) is 1. The van der Waals surface area contributed by atoms with E-state index in [1.54, 1.807) is 0 Å². The Bertz CT molecular complexity index is 481. The minimum Gasteiger partial charge on any atom is -0.376 e. The largest absolute Gasteiger partial charge is 0.376 e. The van der Waals surface area contributed by atoms with Crippen LogP contribution in [0.25, 0.3) is 0 Å². The standard InChI is InChI=1S/C16H20FNO3/c17-13-8-6-12(7-9-13)15(19)4-1-5-16(20)18-11-14-3-2-10-21-14/h6-9,14H,1-5,10-11H2,(H,18,20). The van der Waals surface area contributed by atoms with Crippen molar-refractivity contribution >= 4 is 11.7 Å². The first-order valence-electron chi connectivity index (χ1n) is 7.32. The van der Waals surface area contributed by atoms with E-state index in [4.69, 9.17) is 4.74 Å². The van der Waals surface area contributed by atoms with E-state index in [1.165, 1.54) is 24.3 Å². The molecule has 2 rings (SSSR count). The Labute approximate surface area is 123 Å². The zero-order valence-corrected chi connectivity index (χ0v) is 11.9. The summed E-state index contributed by atoms with van der Waals surface area (Å²) in [6, 6.07) is 5.47. The number of nitrogens with one attached hydrogen (secondary N) is 1. The van der Waals surface area contributed by atoms with E-state index in [2.05, 4.69) is 5.32 Å². The second-order valence-corrected chi connectivity index (χ2v) is 5.22. The first-order valence-corrected chi connectivity index (χ1v) is 7.32.